The molecule has 0 spiro atoms. The molecule has 0 unspecified atom stereocenters. The lowest BCUT2D eigenvalue weighted by atomic mass is 10.0. The fourth-order valence-corrected chi connectivity index (χ4v) is 3.27. The SMILES string of the molecule is CC(C)(C#CC1CCCC1)Oc1cc(C(=O)Oc2ccccc2)ccc1C(F)(F)F. The van der Waals surface area contributed by atoms with Crippen LogP contribution in [0.1, 0.15) is 55.5 Å². The number of ether oxygens (including phenoxy) is 2. The third-order valence-electron chi connectivity index (χ3n) is 4.77. The minimum Gasteiger partial charge on any atom is -0.475 e. The molecule has 2 aromatic rings. The van der Waals surface area contributed by atoms with Crippen molar-refractivity contribution in [1.82, 2.24) is 0 Å². The number of esters is 1. The van der Waals surface area contributed by atoms with Gasteiger partial charge in [0.15, 0.2) is 5.60 Å². The molecular formula is C24H23F3O3. The van der Waals surface area contributed by atoms with E-state index >= 15 is 0 Å². The maximum absolute atomic E-state index is 13.5. The summed E-state index contributed by atoms with van der Waals surface area (Å²) in [6.07, 6.45) is -0.406. The van der Waals surface area contributed by atoms with E-state index in [4.69, 9.17) is 9.47 Å². The average molecular weight is 416 g/mol. The number of alkyl halides is 3. The highest BCUT2D eigenvalue weighted by molar-refractivity contribution is 5.91. The number of hydrogen-bond acceptors (Lipinski definition) is 3. The molecule has 0 heterocycles. The second-order valence-electron chi connectivity index (χ2n) is 7.77. The van der Waals surface area contributed by atoms with Crippen LogP contribution in [0.15, 0.2) is 48.5 Å². The van der Waals surface area contributed by atoms with Crippen LogP contribution in [0.2, 0.25) is 0 Å². The van der Waals surface area contributed by atoms with E-state index in [1.807, 2.05) is 0 Å². The lowest BCUT2D eigenvalue weighted by Gasteiger charge is -2.24. The molecule has 0 N–H and O–H groups in total. The van der Waals surface area contributed by atoms with E-state index in [0.29, 0.717) is 5.75 Å². The predicted octanol–water partition coefficient (Wildman–Crippen LogP) is 6.28. The lowest BCUT2D eigenvalue weighted by Crippen LogP contribution is -2.28. The Labute approximate surface area is 174 Å². The van der Waals surface area contributed by atoms with Crippen LogP contribution in [0.25, 0.3) is 0 Å². The summed E-state index contributed by atoms with van der Waals surface area (Å²) in [7, 11) is 0. The molecule has 158 valence electrons. The zero-order valence-electron chi connectivity index (χ0n) is 16.9. The fraction of sp³-hybridized carbons (Fsp3) is 0.375. The second-order valence-corrected chi connectivity index (χ2v) is 7.77. The summed E-state index contributed by atoms with van der Waals surface area (Å²) in [5.41, 5.74) is -2.15. The number of carbonyl (C=O) groups excluding carboxylic acids is 1. The number of hydrogen-bond donors (Lipinski definition) is 0. The quantitative estimate of drug-likeness (QED) is 0.335. The summed E-state index contributed by atoms with van der Waals surface area (Å²) < 4.78 is 51.4. The maximum atomic E-state index is 13.5. The molecule has 0 saturated heterocycles. The number of rotatable bonds is 4. The van der Waals surface area contributed by atoms with Crippen molar-refractivity contribution in [3.05, 3.63) is 59.7 Å². The fourth-order valence-electron chi connectivity index (χ4n) is 3.27. The van der Waals surface area contributed by atoms with Gasteiger partial charge in [0.25, 0.3) is 0 Å². The number of halogens is 3. The molecule has 0 aromatic heterocycles. The van der Waals surface area contributed by atoms with Gasteiger partial charge in [0.1, 0.15) is 11.5 Å². The highest BCUT2D eigenvalue weighted by atomic mass is 19.4. The van der Waals surface area contributed by atoms with E-state index in [1.165, 1.54) is 0 Å². The summed E-state index contributed by atoms with van der Waals surface area (Å²) in [5.74, 6) is 5.42. The van der Waals surface area contributed by atoms with E-state index in [-0.39, 0.29) is 11.5 Å². The summed E-state index contributed by atoms with van der Waals surface area (Å²) in [4.78, 5) is 12.4. The van der Waals surface area contributed by atoms with Crippen LogP contribution < -0.4 is 9.47 Å². The van der Waals surface area contributed by atoms with Crippen molar-refractivity contribution in [2.45, 2.75) is 51.3 Å². The van der Waals surface area contributed by atoms with E-state index in [2.05, 4.69) is 11.8 Å². The smallest absolute Gasteiger partial charge is 0.419 e. The first-order valence-corrected chi connectivity index (χ1v) is 9.84. The van der Waals surface area contributed by atoms with Crippen LogP contribution in [0.5, 0.6) is 11.5 Å². The molecule has 6 heteroatoms. The molecule has 0 radical (unpaired) electrons. The first-order chi connectivity index (χ1) is 14.1. The van der Waals surface area contributed by atoms with Gasteiger partial charge >= 0.3 is 12.1 Å². The number of para-hydroxylation sites is 1. The molecular weight excluding hydrogens is 393 g/mol. The molecule has 1 saturated carbocycles. The Hall–Kier alpha value is -2.94. The van der Waals surface area contributed by atoms with Crippen molar-refractivity contribution in [2.24, 2.45) is 5.92 Å². The molecule has 0 amide bonds. The van der Waals surface area contributed by atoms with Crippen molar-refractivity contribution in [2.75, 3.05) is 0 Å². The van der Waals surface area contributed by atoms with E-state index in [0.717, 1.165) is 43.9 Å². The molecule has 3 rings (SSSR count). The van der Waals surface area contributed by atoms with Crippen LogP contribution in [-0.4, -0.2) is 11.6 Å². The van der Waals surface area contributed by atoms with Crippen LogP contribution in [0.3, 0.4) is 0 Å². The zero-order valence-corrected chi connectivity index (χ0v) is 16.9. The lowest BCUT2D eigenvalue weighted by molar-refractivity contribution is -0.139. The number of benzene rings is 2. The minimum absolute atomic E-state index is 0.0404. The molecule has 0 aliphatic heterocycles. The molecule has 1 aliphatic rings. The van der Waals surface area contributed by atoms with E-state index < -0.39 is 29.1 Å². The van der Waals surface area contributed by atoms with Gasteiger partial charge in [-0.15, -0.1) is 0 Å². The van der Waals surface area contributed by atoms with Gasteiger partial charge in [-0.2, -0.15) is 13.2 Å². The molecule has 30 heavy (non-hydrogen) atoms. The third-order valence-corrected chi connectivity index (χ3v) is 4.77. The standard InChI is InChI=1S/C24H23F3O3/c1-23(2,15-14-17-8-6-7-9-17)30-21-16-18(12-13-20(21)24(25,26)27)22(28)29-19-10-4-3-5-11-19/h3-5,10-13,16-17H,6-9H2,1-2H3. The first-order valence-electron chi connectivity index (χ1n) is 9.84. The third kappa shape index (κ3) is 5.79. The Bertz CT molecular complexity index is 947. The van der Waals surface area contributed by atoms with Gasteiger partial charge in [-0.1, -0.05) is 42.9 Å². The van der Waals surface area contributed by atoms with Gasteiger partial charge in [-0.05, 0) is 57.0 Å². The molecule has 1 aliphatic carbocycles. The number of carbonyl (C=O) groups is 1. The normalized spacial score (nSPS) is 14.7. The first kappa shape index (κ1) is 21.8. The highest BCUT2D eigenvalue weighted by Crippen LogP contribution is 2.38. The van der Waals surface area contributed by atoms with Gasteiger partial charge < -0.3 is 9.47 Å². The van der Waals surface area contributed by atoms with Crippen LogP contribution >= 0.6 is 0 Å². The van der Waals surface area contributed by atoms with Gasteiger partial charge in [-0.25, -0.2) is 4.79 Å². The largest absolute Gasteiger partial charge is 0.475 e. The van der Waals surface area contributed by atoms with Crippen molar-refractivity contribution < 1.29 is 27.4 Å². The summed E-state index contributed by atoms with van der Waals surface area (Å²) in [6, 6.07) is 11.3. The molecule has 3 nitrogen and oxygen atoms in total. The van der Waals surface area contributed by atoms with Crippen molar-refractivity contribution in [3.8, 4) is 23.3 Å². The monoisotopic (exact) mass is 416 g/mol. The molecule has 0 atom stereocenters. The predicted molar refractivity (Wildman–Crippen MR) is 107 cm³/mol. The second kappa shape index (κ2) is 8.83. The Morgan fingerprint density at radius 1 is 1.03 bits per heavy atom. The highest BCUT2D eigenvalue weighted by Gasteiger charge is 2.36. The topological polar surface area (TPSA) is 35.5 Å². The average Bonchev–Trinajstić information content (AvgIpc) is 3.20. The molecule has 0 bridgehead atoms. The van der Waals surface area contributed by atoms with Crippen molar-refractivity contribution in [1.29, 1.82) is 0 Å². The van der Waals surface area contributed by atoms with Gasteiger partial charge in [0.05, 0.1) is 11.1 Å². The van der Waals surface area contributed by atoms with Crippen molar-refractivity contribution in [3.63, 3.8) is 0 Å². The minimum atomic E-state index is -4.63. The summed E-state index contributed by atoms with van der Waals surface area (Å²) in [6.45, 7) is 3.23. The summed E-state index contributed by atoms with van der Waals surface area (Å²) >= 11 is 0. The Morgan fingerprint density at radius 3 is 2.33 bits per heavy atom. The van der Waals surface area contributed by atoms with E-state index in [9.17, 15) is 18.0 Å². The van der Waals surface area contributed by atoms with Gasteiger partial charge in [0.2, 0.25) is 0 Å². The Kier molecular flexibility index (Phi) is 6.40. The molecule has 1 fully saturated rings. The Morgan fingerprint density at radius 2 is 1.70 bits per heavy atom. The van der Waals surface area contributed by atoms with Crippen LogP contribution in [-0.2, 0) is 6.18 Å². The summed E-state index contributed by atoms with van der Waals surface area (Å²) in [5, 5.41) is 0. The van der Waals surface area contributed by atoms with Crippen molar-refractivity contribution >= 4 is 5.97 Å². The maximum Gasteiger partial charge on any atom is 0.419 e. The Balaban J connectivity index is 1.86. The molecule has 2 aromatic carbocycles. The van der Waals surface area contributed by atoms with Crippen LogP contribution in [0.4, 0.5) is 13.2 Å². The van der Waals surface area contributed by atoms with E-state index in [1.54, 1.807) is 44.2 Å². The van der Waals surface area contributed by atoms with Crippen LogP contribution in [0, 0.1) is 17.8 Å². The zero-order chi connectivity index (χ0) is 21.8. The van der Waals surface area contributed by atoms with Gasteiger partial charge in [0, 0.05) is 5.92 Å². The van der Waals surface area contributed by atoms with Gasteiger partial charge in [-0.3, -0.25) is 0 Å².